The van der Waals surface area contributed by atoms with Crippen molar-refractivity contribution < 1.29 is 0 Å². The standard InChI is InChI=1S/C21H18/c1-3-8-18(9-4-1)10-7-11-19-14-16-21(17-15-19)20-12-5-2-6-13-20/h1-10,12-17H,11H2. The van der Waals surface area contributed by atoms with Crippen molar-refractivity contribution in [3.8, 4) is 11.1 Å². The molecule has 0 atom stereocenters. The number of rotatable bonds is 4. The van der Waals surface area contributed by atoms with E-state index in [1.807, 2.05) is 12.1 Å². The highest BCUT2D eigenvalue weighted by molar-refractivity contribution is 5.63. The average Bonchev–Trinajstić information content (AvgIpc) is 2.57. The summed E-state index contributed by atoms with van der Waals surface area (Å²) < 4.78 is 0. The second kappa shape index (κ2) is 6.71. The highest BCUT2D eigenvalue weighted by atomic mass is 14.0. The molecule has 3 rings (SSSR count). The highest BCUT2D eigenvalue weighted by Gasteiger charge is 1.96. The van der Waals surface area contributed by atoms with Gasteiger partial charge in [0.2, 0.25) is 0 Å². The second-order valence-corrected chi connectivity index (χ2v) is 5.08. The summed E-state index contributed by atoms with van der Waals surface area (Å²) in [5.41, 5.74) is 5.12. The van der Waals surface area contributed by atoms with E-state index in [0.29, 0.717) is 0 Å². The van der Waals surface area contributed by atoms with Crippen LogP contribution >= 0.6 is 0 Å². The summed E-state index contributed by atoms with van der Waals surface area (Å²) >= 11 is 0. The first-order valence-corrected chi connectivity index (χ1v) is 7.28. The van der Waals surface area contributed by atoms with E-state index in [1.165, 1.54) is 22.3 Å². The lowest BCUT2D eigenvalue weighted by molar-refractivity contribution is 1.28. The maximum Gasteiger partial charge on any atom is -0.00941 e. The van der Waals surface area contributed by atoms with Crippen molar-refractivity contribution in [3.05, 3.63) is 102 Å². The van der Waals surface area contributed by atoms with Gasteiger partial charge in [-0.3, -0.25) is 0 Å². The predicted molar refractivity (Wildman–Crippen MR) is 91.1 cm³/mol. The molecule has 0 saturated carbocycles. The third-order valence-electron chi connectivity index (χ3n) is 3.52. The number of allylic oxidation sites excluding steroid dienone is 1. The Morgan fingerprint density at radius 2 is 1.14 bits per heavy atom. The number of hydrogen-bond donors (Lipinski definition) is 0. The number of benzene rings is 3. The molecule has 0 radical (unpaired) electrons. The Morgan fingerprint density at radius 1 is 0.571 bits per heavy atom. The van der Waals surface area contributed by atoms with Gasteiger partial charge < -0.3 is 0 Å². The fourth-order valence-corrected chi connectivity index (χ4v) is 2.36. The highest BCUT2D eigenvalue weighted by Crippen LogP contribution is 2.19. The Kier molecular flexibility index (Phi) is 4.28. The third kappa shape index (κ3) is 3.70. The Labute approximate surface area is 126 Å². The van der Waals surface area contributed by atoms with Gasteiger partial charge in [0.05, 0.1) is 0 Å². The van der Waals surface area contributed by atoms with Crippen LogP contribution in [0.1, 0.15) is 11.1 Å². The minimum Gasteiger partial charge on any atom is -0.0795 e. The second-order valence-electron chi connectivity index (χ2n) is 5.08. The van der Waals surface area contributed by atoms with Crippen LogP contribution in [-0.4, -0.2) is 0 Å². The van der Waals surface area contributed by atoms with Crippen LogP contribution in [0, 0.1) is 0 Å². The molecule has 0 unspecified atom stereocenters. The van der Waals surface area contributed by atoms with E-state index in [-0.39, 0.29) is 0 Å². The molecule has 21 heavy (non-hydrogen) atoms. The van der Waals surface area contributed by atoms with Crippen LogP contribution < -0.4 is 0 Å². The minimum atomic E-state index is 0.962. The van der Waals surface area contributed by atoms with Gasteiger partial charge in [-0.1, -0.05) is 97.1 Å². The molecule has 0 aliphatic heterocycles. The van der Waals surface area contributed by atoms with E-state index < -0.39 is 0 Å². The molecular weight excluding hydrogens is 252 g/mol. The average molecular weight is 270 g/mol. The van der Waals surface area contributed by atoms with Crippen LogP contribution in [0.2, 0.25) is 0 Å². The van der Waals surface area contributed by atoms with Crippen LogP contribution in [-0.2, 0) is 6.42 Å². The predicted octanol–water partition coefficient (Wildman–Crippen LogP) is 5.61. The third-order valence-corrected chi connectivity index (χ3v) is 3.52. The molecular formula is C21H18. The zero-order chi connectivity index (χ0) is 14.3. The van der Waals surface area contributed by atoms with Crippen molar-refractivity contribution in [3.63, 3.8) is 0 Å². The molecule has 0 nitrogen and oxygen atoms in total. The molecule has 0 fully saturated rings. The van der Waals surface area contributed by atoms with Crippen molar-refractivity contribution in [2.75, 3.05) is 0 Å². The minimum absolute atomic E-state index is 0.962. The maximum absolute atomic E-state index is 2.22. The molecule has 0 bridgehead atoms. The van der Waals surface area contributed by atoms with Crippen molar-refractivity contribution in [2.45, 2.75) is 6.42 Å². The lowest BCUT2D eigenvalue weighted by Crippen LogP contribution is -1.82. The Hall–Kier alpha value is -2.60. The normalized spacial score (nSPS) is 10.9. The Morgan fingerprint density at radius 3 is 1.81 bits per heavy atom. The molecule has 0 amide bonds. The maximum atomic E-state index is 2.22. The zero-order valence-corrected chi connectivity index (χ0v) is 11.9. The quantitative estimate of drug-likeness (QED) is 0.578. The molecule has 0 aliphatic rings. The molecule has 0 spiro atoms. The lowest BCUT2D eigenvalue weighted by atomic mass is 10.0. The first-order chi connectivity index (χ1) is 10.4. The zero-order valence-electron chi connectivity index (χ0n) is 11.9. The summed E-state index contributed by atoms with van der Waals surface area (Å²) in [6.45, 7) is 0. The van der Waals surface area contributed by atoms with Crippen LogP contribution in [0.3, 0.4) is 0 Å². The molecule has 3 aromatic carbocycles. The Bertz CT molecular complexity index is 692. The van der Waals surface area contributed by atoms with Gasteiger partial charge in [0.1, 0.15) is 0 Å². The van der Waals surface area contributed by atoms with Crippen LogP contribution in [0.5, 0.6) is 0 Å². The van der Waals surface area contributed by atoms with Gasteiger partial charge in [0.25, 0.3) is 0 Å². The van der Waals surface area contributed by atoms with E-state index in [9.17, 15) is 0 Å². The number of hydrogen-bond acceptors (Lipinski definition) is 0. The van der Waals surface area contributed by atoms with Gasteiger partial charge in [0, 0.05) is 0 Å². The molecule has 0 aliphatic carbocycles. The molecule has 0 aromatic heterocycles. The van der Waals surface area contributed by atoms with Crippen LogP contribution in [0.4, 0.5) is 0 Å². The molecule has 3 aromatic rings. The topological polar surface area (TPSA) is 0 Å². The molecule has 0 heteroatoms. The van der Waals surface area contributed by atoms with Gasteiger partial charge in [-0.2, -0.15) is 0 Å². The molecule has 0 heterocycles. The summed E-state index contributed by atoms with van der Waals surface area (Å²) in [5, 5.41) is 0. The summed E-state index contributed by atoms with van der Waals surface area (Å²) in [4.78, 5) is 0. The molecule has 102 valence electrons. The first-order valence-electron chi connectivity index (χ1n) is 7.28. The Balaban J connectivity index is 1.66. The van der Waals surface area contributed by atoms with Gasteiger partial charge in [-0.15, -0.1) is 0 Å². The van der Waals surface area contributed by atoms with Gasteiger partial charge >= 0.3 is 0 Å². The first kappa shape index (κ1) is 13.4. The molecule has 0 saturated heterocycles. The van der Waals surface area contributed by atoms with E-state index in [4.69, 9.17) is 0 Å². The van der Waals surface area contributed by atoms with E-state index >= 15 is 0 Å². The lowest BCUT2D eigenvalue weighted by Gasteiger charge is -2.03. The summed E-state index contributed by atoms with van der Waals surface area (Å²) in [6.07, 6.45) is 5.35. The van der Waals surface area contributed by atoms with Gasteiger partial charge in [0.15, 0.2) is 0 Å². The van der Waals surface area contributed by atoms with E-state index in [0.717, 1.165) is 6.42 Å². The SMILES string of the molecule is C(=Cc1ccccc1)Cc1ccc(-c2ccccc2)cc1. The van der Waals surface area contributed by atoms with Crippen molar-refractivity contribution in [1.29, 1.82) is 0 Å². The summed E-state index contributed by atoms with van der Waals surface area (Å²) in [6, 6.07) is 29.7. The summed E-state index contributed by atoms with van der Waals surface area (Å²) in [5.74, 6) is 0. The van der Waals surface area contributed by atoms with E-state index in [1.54, 1.807) is 0 Å². The van der Waals surface area contributed by atoms with Gasteiger partial charge in [-0.05, 0) is 28.7 Å². The van der Waals surface area contributed by atoms with E-state index in [2.05, 4.69) is 84.9 Å². The van der Waals surface area contributed by atoms with Gasteiger partial charge in [-0.25, -0.2) is 0 Å². The summed E-state index contributed by atoms with van der Waals surface area (Å²) in [7, 11) is 0. The van der Waals surface area contributed by atoms with Crippen LogP contribution in [0.15, 0.2) is 91.0 Å². The van der Waals surface area contributed by atoms with Crippen molar-refractivity contribution >= 4 is 6.08 Å². The van der Waals surface area contributed by atoms with Crippen molar-refractivity contribution in [1.82, 2.24) is 0 Å². The molecule has 0 N–H and O–H groups in total. The largest absolute Gasteiger partial charge is 0.0795 e. The van der Waals surface area contributed by atoms with Crippen LogP contribution in [0.25, 0.3) is 17.2 Å². The monoisotopic (exact) mass is 270 g/mol. The van der Waals surface area contributed by atoms with Crippen molar-refractivity contribution in [2.24, 2.45) is 0 Å². The fraction of sp³-hybridized carbons (Fsp3) is 0.0476. The fourth-order valence-electron chi connectivity index (χ4n) is 2.36. The smallest absolute Gasteiger partial charge is 0.00941 e.